The second kappa shape index (κ2) is 9.94. The van der Waals surface area contributed by atoms with Gasteiger partial charge in [0, 0.05) is 37.8 Å². The second-order valence-electron chi connectivity index (χ2n) is 7.27. The molecule has 0 bridgehead atoms. The number of aromatic nitrogens is 1. The predicted octanol–water partition coefficient (Wildman–Crippen LogP) is 4.83. The molecule has 0 saturated heterocycles. The number of methoxy groups -OCH3 is 1. The van der Waals surface area contributed by atoms with Gasteiger partial charge in [-0.2, -0.15) is 0 Å². The van der Waals surface area contributed by atoms with Crippen LogP contribution >= 0.6 is 0 Å². The number of hydrogen-bond donors (Lipinski definition) is 1. The number of benzene rings is 2. The first-order chi connectivity index (χ1) is 14.1. The van der Waals surface area contributed by atoms with Crippen molar-refractivity contribution in [3.05, 3.63) is 89.2 Å². The van der Waals surface area contributed by atoms with E-state index < -0.39 is 0 Å². The number of nitrogens with zero attached hydrogens (tertiary/aromatic N) is 2. The van der Waals surface area contributed by atoms with E-state index in [-0.39, 0.29) is 6.03 Å². The standard InChI is InChI=1S/C24H29N3O2/c1-19-10-12-21(13-11-19)17-26-14-6-8-22(26)18-27(15-16-29-3)24(28)25-23-9-5-4-7-20(23)2/h4-14H,15-18H2,1-3H3,(H,25,28). The Bertz CT molecular complexity index is 931. The van der Waals surface area contributed by atoms with Gasteiger partial charge in [-0.1, -0.05) is 48.0 Å². The molecule has 0 saturated carbocycles. The lowest BCUT2D eigenvalue weighted by Crippen LogP contribution is -2.37. The van der Waals surface area contributed by atoms with Gasteiger partial charge in [-0.3, -0.25) is 0 Å². The normalized spacial score (nSPS) is 10.7. The van der Waals surface area contributed by atoms with E-state index >= 15 is 0 Å². The Hall–Kier alpha value is -3.05. The first-order valence-electron chi connectivity index (χ1n) is 9.87. The van der Waals surface area contributed by atoms with Crippen LogP contribution in [0.4, 0.5) is 10.5 Å². The fraction of sp³-hybridized carbons (Fsp3) is 0.292. The molecule has 3 rings (SSSR count). The maximum absolute atomic E-state index is 13.0. The molecule has 0 spiro atoms. The van der Waals surface area contributed by atoms with Crippen molar-refractivity contribution in [2.75, 3.05) is 25.6 Å². The van der Waals surface area contributed by atoms with Gasteiger partial charge in [0.25, 0.3) is 0 Å². The van der Waals surface area contributed by atoms with Crippen molar-refractivity contribution in [3.63, 3.8) is 0 Å². The molecule has 1 N–H and O–H groups in total. The molecule has 0 atom stereocenters. The molecule has 0 aliphatic heterocycles. The summed E-state index contributed by atoms with van der Waals surface area (Å²) < 4.78 is 7.41. The Morgan fingerprint density at radius 1 is 1.03 bits per heavy atom. The predicted molar refractivity (Wildman–Crippen MR) is 117 cm³/mol. The van der Waals surface area contributed by atoms with Crippen LogP contribution in [0, 0.1) is 13.8 Å². The average Bonchev–Trinajstić information content (AvgIpc) is 3.15. The third kappa shape index (κ3) is 5.72. The number of urea groups is 1. The van der Waals surface area contributed by atoms with E-state index in [0.29, 0.717) is 19.7 Å². The van der Waals surface area contributed by atoms with E-state index in [1.54, 1.807) is 12.0 Å². The number of aryl methyl sites for hydroxylation is 2. The molecule has 0 unspecified atom stereocenters. The van der Waals surface area contributed by atoms with Crippen LogP contribution in [0.5, 0.6) is 0 Å². The van der Waals surface area contributed by atoms with Crippen LogP contribution in [0.1, 0.15) is 22.4 Å². The van der Waals surface area contributed by atoms with Gasteiger partial charge >= 0.3 is 6.03 Å². The first kappa shape index (κ1) is 20.7. The molecule has 0 fully saturated rings. The Morgan fingerprint density at radius 2 is 1.79 bits per heavy atom. The highest BCUT2D eigenvalue weighted by Crippen LogP contribution is 2.16. The van der Waals surface area contributed by atoms with Gasteiger partial charge in [-0.05, 0) is 43.2 Å². The van der Waals surface area contributed by atoms with E-state index in [1.165, 1.54) is 11.1 Å². The number of carbonyl (C=O) groups is 1. The Morgan fingerprint density at radius 3 is 2.52 bits per heavy atom. The minimum absolute atomic E-state index is 0.126. The SMILES string of the molecule is COCCN(Cc1cccn1Cc1ccc(C)cc1)C(=O)Nc1ccccc1C. The van der Waals surface area contributed by atoms with Gasteiger partial charge in [-0.15, -0.1) is 0 Å². The zero-order valence-corrected chi connectivity index (χ0v) is 17.4. The van der Waals surface area contributed by atoms with Crippen molar-refractivity contribution >= 4 is 11.7 Å². The molecule has 29 heavy (non-hydrogen) atoms. The molecule has 5 nitrogen and oxygen atoms in total. The van der Waals surface area contributed by atoms with Crippen LogP contribution in [0.2, 0.25) is 0 Å². The number of ether oxygens (including phenoxy) is 1. The Balaban J connectivity index is 1.73. The lowest BCUT2D eigenvalue weighted by atomic mass is 10.1. The number of amides is 2. The summed E-state index contributed by atoms with van der Waals surface area (Å²) in [5.41, 5.74) is 5.44. The summed E-state index contributed by atoms with van der Waals surface area (Å²) in [6, 6.07) is 20.3. The number of carbonyl (C=O) groups excluding carboxylic acids is 1. The minimum atomic E-state index is -0.126. The van der Waals surface area contributed by atoms with Crippen molar-refractivity contribution in [3.8, 4) is 0 Å². The molecule has 0 aliphatic rings. The molecule has 1 aromatic heterocycles. The van der Waals surface area contributed by atoms with E-state index in [1.807, 2.05) is 37.3 Å². The summed E-state index contributed by atoms with van der Waals surface area (Å²) in [6.07, 6.45) is 2.06. The third-order valence-electron chi connectivity index (χ3n) is 4.99. The lowest BCUT2D eigenvalue weighted by molar-refractivity contribution is 0.152. The topological polar surface area (TPSA) is 46.5 Å². The number of anilines is 1. The van der Waals surface area contributed by atoms with Gasteiger partial charge in [0.2, 0.25) is 0 Å². The summed E-state index contributed by atoms with van der Waals surface area (Å²) >= 11 is 0. The van der Waals surface area contributed by atoms with Crippen LogP contribution in [0.3, 0.4) is 0 Å². The third-order valence-corrected chi connectivity index (χ3v) is 4.99. The molecule has 2 aromatic carbocycles. The number of rotatable bonds is 8. The smallest absolute Gasteiger partial charge is 0.322 e. The molecule has 2 amide bonds. The van der Waals surface area contributed by atoms with E-state index in [0.717, 1.165) is 23.5 Å². The molecular weight excluding hydrogens is 362 g/mol. The summed E-state index contributed by atoms with van der Waals surface area (Å²) in [7, 11) is 1.65. The fourth-order valence-corrected chi connectivity index (χ4v) is 3.19. The summed E-state index contributed by atoms with van der Waals surface area (Å²) in [5, 5.41) is 3.03. The maximum Gasteiger partial charge on any atom is 0.322 e. The summed E-state index contributed by atoms with van der Waals surface area (Å²) in [5.74, 6) is 0. The highest BCUT2D eigenvalue weighted by Gasteiger charge is 2.16. The minimum Gasteiger partial charge on any atom is -0.383 e. The second-order valence-corrected chi connectivity index (χ2v) is 7.27. The summed E-state index contributed by atoms with van der Waals surface area (Å²) in [6.45, 7) is 6.37. The Kier molecular flexibility index (Phi) is 7.09. The molecule has 1 heterocycles. The van der Waals surface area contributed by atoms with Crippen LogP contribution in [0.25, 0.3) is 0 Å². The summed E-state index contributed by atoms with van der Waals surface area (Å²) in [4.78, 5) is 14.7. The fourth-order valence-electron chi connectivity index (χ4n) is 3.19. The van der Waals surface area contributed by atoms with Crippen molar-refractivity contribution in [1.82, 2.24) is 9.47 Å². The molecule has 5 heteroatoms. The molecule has 0 radical (unpaired) electrons. The average molecular weight is 392 g/mol. The zero-order chi connectivity index (χ0) is 20.6. The van der Waals surface area contributed by atoms with Crippen LogP contribution < -0.4 is 5.32 Å². The molecule has 0 aliphatic carbocycles. The van der Waals surface area contributed by atoms with E-state index in [4.69, 9.17) is 4.74 Å². The highest BCUT2D eigenvalue weighted by atomic mass is 16.5. The van der Waals surface area contributed by atoms with Gasteiger partial charge in [0.05, 0.1) is 13.2 Å². The monoisotopic (exact) mass is 391 g/mol. The van der Waals surface area contributed by atoms with Crippen molar-refractivity contribution in [1.29, 1.82) is 0 Å². The zero-order valence-electron chi connectivity index (χ0n) is 17.4. The van der Waals surface area contributed by atoms with Gasteiger partial charge in [-0.25, -0.2) is 4.79 Å². The van der Waals surface area contributed by atoms with Gasteiger partial charge in [0.15, 0.2) is 0 Å². The van der Waals surface area contributed by atoms with Crippen molar-refractivity contribution < 1.29 is 9.53 Å². The van der Waals surface area contributed by atoms with Crippen molar-refractivity contribution in [2.45, 2.75) is 26.9 Å². The molecular formula is C24H29N3O2. The van der Waals surface area contributed by atoms with E-state index in [9.17, 15) is 4.79 Å². The number of nitrogens with one attached hydrogen (secondary N) is 1. The molecule has 3 aromatic rings. The highest BCUT2D eigenvalue weighted by molar-refractivity contribution is 5.90. The van der Waals surface area contributed by atoms with Crippen LogP contribution in [0.15, 0.2) is 66.9 Å². The van der Waals surface area contributed by atoms with E-state index in [2.05, 4.69) is 53.3 Å². The number of hydrogen-bond acceptors (Lipinski definition) is 2. The molecule has 152 valence electrons. The maximum atomic E-state index is 13.0. The van der Waals surface area contributed by atoms with Crippen LogP contribution in [-0.2, 0) is 17.8 Å². The van der Waals surface area contributed by atoms with Crippen molar-refractivity contribution in [2.24, 2.45) is 0 Å². The van der Waals surface area contributed by atoms with Gasteiger partial charge < -0.3 is 19.5 Å². The first-order valence-corrected chi connectivity index (χ1v) is 9.87. The lowest BCUT2D eigenvalue weighted by Gasteiger charge is -2.24. The number of para-hydroxylation sites is 1. The van der Waals surface area contributed by atoms with Gasteiger partial charge in [0.1, 0.15) is 0 Å². The quantitative estimate of drug-likeness (QED) is 0.598. The largest absolute Gasteiger partial charge is 0.383 e. The van der Waals surface area contributed by atoms with Crippen LogP contribution in [-0.4, -0.2) is 35.8 Å². The Labute approximate surface area is 172 Å².